The van der Waals surface area contributed by atoms with E-state index in [2.05, 4.69) is 11.7 Å². The van der Waals surface area contributed by atoms with Crippen LogP contribution in [-0.2, 0) is 0 Å². The highest BCUT2D eigenvalue weighted by Gasteiger charge is 2.44. The summed E-state index contributed by atoms with van der Waals surface area (Å²) in [6, 6.07) is 15.0. The van der Waals surface area contributed by atoms with E-state index in [1.807, 2.05) is 36.4 Å². The Labute approximate surface area is 240 Å². The lowest BCUT2D eigenvalue weighted by Crippen LogP contribution is -2.37. The van der Waals surface area contributed by atoms with Crippen LogP contribution in [0.25, 0.3) is 11.1 Å². The van der Waals surface area contributed by atoms with Gasteiger partial charge in [0.2, 0.25) is 0 Å². The van der Waals surface area contributed by atoms with E-state index in [1.54, 1.807) is 6.07 Å². The molecular weight excluding hydrogens is 561 g/mol. The summed E-state index contributed by atoms with van der Waals surface area (Å²) in [6.07, 6.45) is -3.00. The van der Waals surface area contributed by atoms with Crippen molar-refractivity contribution in [1.29, 1.82) is 0 Å². The Balaban J connectivity index is 1.17. The molecule has 2 saturated carbocycles. The molecule has 0 spiro atoms. The van der Waals surface area contributed by atoms with Crippen LogP contribution in [0.2, 0.25) is 0 Å². The lowest BCUT2D eigenvalue weighted by molar-refractivity contribution is -0.275. The molecule has 0 unspecified atom stereocenters. The van der Waals surface area contributed by atoms with Crippen LogP contribution in [0.4, 0.5) is 30.7 Å². The summed E-state index contributed by atoms with van der Waals surface area (Å²) in [5.41, 5.74) is 3.32. The maximum absolute atomic E-state index is 15.1. The number of hydrogen-bond acceptors (Lipinski definition) is 2. The molecule has 0 heterocycles. The molecule has 2 fully saturated rings. The molecule has 5 rings (SSSR count). The second kappa shape index (κ2) is 12.2. The molecule has 2 aliphatic rings. The molecule has 0 amide bonds. The van der Waals surface area contributed by atoms with Crippen LogP contribution in [-0.4, -0.2) is 12.5 Å². The monoisotopic (exact) mass is 594 g/mol. The van der Waals surface area contributed by atoms with Gasteiger partial charge in [-0.05, 0) is 91.2 Å². The molecule has 0 aliphatic heterocycles. The number of ether oxygens (including phenoxy) is 2. The van der Waals surface area contributed by atoms with Gasteiger partial charge in [-0.1, -0.05) is 56.2 Å². The molecule has 9 heteroatoms. The van der Waals surface area contributed by atoms with E-state index in [0.29, 0.717) is 36.5 Å². The third-order valence-electron chi connectivity index (χ3n) is 8.76. The summed E-state index contributed by atoms with van der Waals surface area (Å²) in [6.45, 7) is 2.26. The van der Waals surface area contributed by atoms with Gasteiger partial charge >= 0.3 is 12.5 Å². The Morgan fingerprint density at radius 1 is 0.619 bits per heavy atom. The fraction of sp³-hybridized carbons (Fsp3) is 0.455. The number of benzene rings is 3. The van der Waals surface area contributed by atoms with Crippen molar-refractivity contribution in [3.8, 4) is 22.6 Å². The Morgan fingerprint density at radius 3 is 1.81 bits per heavy atom. The van der Waals surface area contributed by atoms with Crippen LogP contribution in [0, 0.1) is 23.5 Å². The van der Waals surface area contributed by atoms with Gasteiger partial charge in [-0.3, -0.25) is 0 Å². The number of halogens is 7. The van der Waals surface area contributed by atoms with Gasteiger partial charge in [-0.15, -0.1) is 13.2 Å². The van der Waals surface area contributed by atoms with Crippen molar-refractivity contribution in [3.05, 3.63) is 83.4 Å². The fourth-order valence-corrected chi connectivity index (χ4v) is 6.30. The largest absolute Gasteiger partial charge is 0.573 e. The molecule has 3 aromatic rings. The zero-order valence-corrected chi connectivity index (χ0v) is 23.2. The minimum Gasteiger partial charge on any atom is -0.432 e. The maximum atomic E-state index is 15.1. The van der Waals surface area contributed by atoms with Crippen molar-refractivity contribution < 1.29 is 40.2 Å². The first-order valence-corrected chi connectivity index (χ1v) is 14.4. The van der Waals surface area contributed by atoms with Crippen molar-refractivity contribution in [3.63, 3.8) is 0 Å². The molecule has 0 radical (unpaired) electrons. The smallest absolute Gasteiger partial charge is 0.432 e. The predicted molar refractivity (Wildman–Crippen MR) is 146 cm³/mol. The topological polar surface area (TPSA) is 18.5 Å². The third-order valence-corrected chi connectivity index (χ3v) is 8.76. The molecule has 42 heavy (non-hydrogen) atoms. The van der Waals surface area contributed by atoms with Crippen molar-refractivity contribution in [2.24, 2.45) is 11.8 Å². The van der Waals surface area contributed by atoms with E-state index < -0.39 is 35.7 Å². The normalized spacial score (nSPS) is 23.4. The minimum absolute atomic E-state index is 0.0447. The average molecular weight is 595 g/mol. The van der Waals surface area contributed by atoms with Crippen LogP contribution in [0.5, 0.6) is 11.5 Å². The van der Waals surface area contributed by atoms with Gasteiger partial charge in [-0.25, -0.2) is 8.78 Å². The zero-order chi connectivity index (χ0) is 30.1. The Hall–Kier alpha value is -3.23. The summed E-state index contributed by atoms with van der Waals surface area (Å²) in [5, 5.41) is 0. The Kier molecular flexibility index (Phi) is 8.76. The van der Waals surface area contributed by atoms with Gasteiger partial charge in [0, 0.05) is 11.6 Å². The van der Waals surface area contributed by atoms with Crippen LogP contribution >= 0.6 is 0 Å². The standard InChI is InChI=1S/C33H33F7O2/c1-20-2-4-23(5-3-20)25-12-16-28(29(34)18-25)24-8-6-21(7-9-24)22-10-13-26(14-11-22)32(36,37)41-27-15-17-31(30(35)19-27)42-33(38,39)40/h6-9,12,15-20,22-23,26H,2-5,10-11,13-14H2,1H3. The van der Waals surface area contributed by atoms with Crippen LogP contribution in [0.15, 0.2) is 60.7 Å². The number of alkyl halides is 5. The first-order valence-electron chi connectivity index (χ1n) is 14.4. The summed E-state index contributed by atoms with van der Waals surface area (Å²) < 4.78 is 104. The second-order valence-corrected chi connectivity index (χ2v) is 11.7. The summed E-state index contributed by atoms with van der Waals surface area (Å²) >= 11 is 0. The van der Waals surface area contributed by atoms with Crippen molar-refractivity contribution in [2.45, 2.75) is 82.6 Å². The lowest BCUT2D eigenvalue weighted by Gasteiger charge is -2.33. The number of hydrogen-bond donors (Lipinski definition) is 0. The Morgan fingerprint density at radius 2 is 1.21 bits per heavy atom. The second-order valence-electron chi connectivity index (χ2n) is 11.7. The Bertz CT molecular complexity index is 1350. The predicted octanol–water partition coefficient (Wildman–Crippen LogP) is 10.8. The van der Waals surface area contributed by atoms with Gasteiger partial charge in [0.1, 0.15) is 11.6 Å². The fourth-order valence-electron chi connectivity index (χ4n) is 6.30. The zero-order valence-electron chi connectivity index (χ0n) is 23.2. The molecule has 226 valence electrons. The lowest BCUT2D eigenvalue weighted by atomic mass is 9.78. The molecule has 0 atom stereocenters. The maximum Gasteiger partial charge on any atom is 0.573 e. The highest BCUT2D eigenvalue weighted by Crippen LogP contribution is 2.44. The molecule has 0 bridgehead atoms. The number of rotatable bonds is 7. The first kappa shape index (κ1) is 30.2. The van der Waals surface area contributed by atoms with Gasteiger partial charge < -0.3 is 9.47 Å². The average Bonchev–Trinajstić information content (AvgIpc) is 2.94. The third kappa shape index (κ3) is 7.21. The highest BCUT2D eigenvalue weighted by molar-refractivity contribution is 5.65. The quantitative estimate of drug-likeness (QED) is 0.253. The van der Waals surface area contributed by atoms with E-state index in [9.17, 15) is 26.3 Å². The SMILES string of the molecule is CC1CCC(c2ccc(-c3ccc(C4CCC(C(F)(F)Oc5ccc(OC(F)(F)F)c(F)c5)CC4)cc3)c(F)c2)CC1. The molecule has 0 saturated heterocycles. The summed E-state index contributed by atoms with van der Waals surface area (Å²) in [4.78, 5) is 0. The van der Waals surface area contributed by atoms with Crippen molar-refractivity contribution in [2.75, 3.05) is 0 Å². The minimum atomic E-state index is -5.11. The molecule has 2 nitrogen and oxygen atoms in total. The van der Waals surface area contributed by atoms with E-state index in [0.717, 1.165) is 41.5 Å². The van der Waals surface area contributed by atoms with Crippen LogP contribution < -0.4 is 9.47 Å². The van der Waals surface area contributed by atoms with E-state index >= 15 is 4.39 Å². The molecular formula is C33H33F7O2. The van der Waals surface area contributed by atoms with Crippen LogP contribution in [0.1, 0.15) is 81.3 Å². The van der Waals surface area contributed by atoms with Crippen molar-refractivity contribution >= 4 is 0 Å². The van der Waals surface area contributed by atoms with Gasteiger partial charge in [0.05, 0.1) is 5.92 Å². The molecule has 2 aliphatic carbocycles. The molecule has 0 N–H and O–H groups in total. The highest BCUT2D eigenvalue weighted by atomic mass is 19.4. The molecule has 3 aromatic carbocycles. The van der Waals surface area contributed by atoms with Crippen LogP contribution in [0.3, 0.4) is 0 Å². The summed E-state index contributed by atoms with van der Waals surface area (Å²) in [7, 11) is 0. The van der Waals surface area contributed by atoms with Crippen molar-refractivity contribution in [1.82, 2.24) is 0 Å². The first-order chi connectivity index (χ1) is 19.9. The van der Waals surface area contributed by atoms with Gasteiger partial charge in [-0.2, -0.15) is 8.78 Å². The van der Waals surface area contributed by atoms with Gasteiger partial charge in [0.25, 0.3) is 0 Å². The molecule has 0 aromatic heterocycles. The van der Waals surface area contributed by atoms with E-state index in [4.69, 9.17) is 4.74 Å². The van der Waals surface area contributed by atoms with Gasteiger partial charge in [0.15, 0.2) is 11.6 Å². The summed E-state index contributed by atoms with van der Waals surface area (Å²) in [5.74, 6) is -3.38. The van der Waals surface area contributed by atoms with E-state index in [-0.39, 0.29) is 24.6 Å². The van der Waals surface area contributed by atoms with E-state index in [1.165, 1.54) is 12.8 Å².